The molecular weight excluding hydrogens is 288 g/mol. The van der Waals surface area contributed by atoms with Gasteiger partial charge in [0.25, 0.3) is 5.91 Å². The van der Waals surface area contributed by atoms with E-state index in [2.05, 4.69) is 36.4 Å². The summed E-state index contributed by atoms with van der Waals surface area (Å²) in [6.45, 7) is 0.260. The molecule has 0 bridgehead atoms. The summed E-state index contributed by atoms with van der Waals surface area (Å²) < 4.78 is 0.546. The lowest BCUT2D eigenvalue weighted by atomic mass is 10.2. The zero-order valence-electron chi connectivity index (χ0n) is 8.64. The third kappa shape index (κ3) is 2.82. The molecule has 6 nitrogen and oxygen atoms in total. The monoisotopic (exact) mass is 296 g/mol. The Morgan fingerprint density at radius 2 is 2.35 bits per heavy atom. The lowest BCUT2D eigenvalue weighted by molar-refractivity contribution is 0.0949. The second-order valence-corrected chi connectivity index (χ2v) is 4.14. The fourth-order valence-corrected chi connectivity index (χ4v) is 1.48. The average Bonchev–Trinajstić information content (AvgIpc) is 2.82. The van der Waals surface area contributed by atoms with Gasteiger partial charge in [-0.1, -0.05) is 0 Å². The SMILES string of the molecule is O=C(NCc1ncn[nH]1)c1ccc(Br)c(O)c1. The summed E-state index contributed by atoms with van der Waals surface area (Å²) in [6, 6.07) is 4.61. The number of carbonyl (C=O) groups is 1. The number of phenolic OH excluding ortho intramolecular Hbond substituents is 1. The molecule has 0 saturated carbocycles. The molecular formula is C10H9BrN4O2. The van der Waals surface area contributed by atoms with E-state index in [1.54, 1.807) is 12.1 Å². The molecule has 0 aliphatic carbocycles. The number of phenols is 1. The van der Waals surface area contributed by atoms with Gasteiger partial charge < -0.3 is 10.4 Å². The molecule has 2 aromatic rings. The van der Waals surface area contributed by atoms with Crippen molar-refractivity contribution in [3.8, 4) is 5.75 Å². The second-order valence-electron chi connectivity index (χ2n) is 3.28. The Morgan fingerprint density at radius 1 is 1.53 bits per heavy atom. The summed E-state index contributed by atoms with van der Waals surface area (Å²) in [5.74, 6) is 0.307. The van der Waals surface area contributed by atoms with Crippen LogP contribution >= 0.6 is 15.9 Å². The molecule has 88 valence electrons. The van der Waals surface area contributed by atoms with Gasteiger partial charge in [0.05, 0.1) is 11.0 Å². The van der Waals surface area contributed by atoms with Crippen molar-refractivity contribution in [2.24, 2.45) is 0 Å². The van der Waals surface area contributed by atoms with Gasteiger partial charge in [0, 0.05) is 5.56 Å². The number of hydrogen-bond donors (Lipinski definition) is 3. The van der Waals surface area contributed by atoms with Crippen molar-refractivity contribution in [3.05, 3.63) is 40.4 Å². The molecule has 0 aliphatic heterocycles. The van der Waals surface area contributed by atoms with E-state index in [1.807, 2.05) is 0 Å². The zero-order valence-corrected chi connectivity index (χ0v) is 10.2. The molecule has 7 heteroatoms. The fraction of sp³-hybridized carbons (Fsp3) is 0.100. The normalized spacial score (nSPS) is 10.2. The lowest BCUT2D eigenvalue weighted by Crippen LogP contribution is -2.23. The molecule has 1 heterocycles. The van der Waals surface area contributed by atoms with E-state index in [0.29, 0.717) is 15.9 Å². The Bertz CT molecular complexity index is 527. The van der Waals surface area contributed by atoms with Crippen LogP contribution in [0.5, 0.6) is 5.75 Å². The minimum Gasteiger partial charge on any atom is -0.507 e. The van der Waals surface area contributed by atoms with Crippen molar-refractivity contribution in [1.29, 1.82) is 0 Å². The third-order valence-electron chi connectivity index (χ3n) is 2.09. The van der Waals surface area contributed by atoms with Crippen molar-refractivity contribution < 1.29 is 9.90 Å². The van der Waals surface area contributed by atoms with E-state index >= 15 is 0 Å². The molecule has 1 amide bonds. The number of aromatic amines is 1. The van der Waals surface area contributed by atoms with Crippen LogP contribution in [0.15, 0.2) is 29.0 Å². The average molecular weight is 297 g/mol. The van der Waals surface area contributed by atoms with E-state index in [-0.39, 0.29) is 18.2 Å². The smallest absolute Gasteiger partial charge is 0.251 e. The van der Waals surface area contributed by atoms with Crippen LogP contribution in [0, 0.1) is 0 Å². The number of aromatic hydroxyl groups is 1. The molecule has 17 heavy (non-hydrogen) atoms. The number of halogens is 1. The van der Waals surface area contributed by atoms with E-state index < -0.39 is 0 Å². The Labute approximate surface area is 105 Å². The number of carbonyl (C=O) groups excluding carboxylic acids is 1. The molecule has 0 spiro atoms. The largest absolute Gasteiger partial charge is 0.507 e. The molecule has 1 aromatic carbocycles. The van der Waals surface area contributed by atoms with Gasteiger partial charge in [0.1, 0.15) is 17.9 Å². The lowest BCUT2D eigenvalue weighted by Gasteiger charge is -2.04. The first kappa shape index (κ1) is 11.6. The minimum absolute atomic E-state index is 0.0253. The van der Waals surface area contributed by atoms with Gasteiger partial charge in [-0.2, -0.15) is 5.10 Å². The highest BCUT2D eigenvalue weighted by molar-refractivity contribution is 9.10. The molecule has 0 atom stereocenters. The Morgan fingerprint density at radius 3 is 3.00 bits per heavy atom. The molecule has 3 N–H and O–H groups in total. The number of nitrogens with one attached hydrogen (secondary N) is 2. The number of aromatic nitrogens is 3. The molecule has 0 aliphatic rings. The number of rotatable bonds is 3. The van der Waals surface area contributed by atoms with Crippen molar-refractivity contribution in [2.75, 3.05) is 0 Å². The van der Waals surface area contributed by atoms with E-state index in [4.69, 9.17) is 0 Å². The molecule has 1 aromatic heterocycles. The molecule has 0 radical (unpaired) electrons. The minimum atomic E-state index is -0.288. The highest BCUT2D eigenvalue weighted by Crippen LogP contribution is 2.24. The Kier molecular flexibility index (Phi) is 3.38. The Hall–Kier alpha value is -1.89. The van der Waals surface area contributed by atoms with Gasteiger partial charge in [0.2, 0.25) is 0 Å². The summed E-state index contributed by atoms with van der Waals surface area (Å²) in [5.41, 5.74) is 0.380. The standard InChI is InChI=1S/C10H9BrN4O2/c11-7-2-1-6(3-8(7)16)10(17)12-4-9-13-5-14-15-9/h1-3,5,16H,4H2,(H,12,17)(H,13,14,15). The second kappa shape index (κ2) is 4.96. The Balaban J connectivity index is 2.02. The maximum absolute atomic E-state index is 11.7. The highest BCUT2D eigenvalue weighted by atomic mass is 79.9. The summed E-state index contributed by atoms with van der Waals surface area (Å²) >= 11 is 3.14. The van der Waals surface area contributed by atoms with E-state index in [1.165, 1.54) is 12.4 Å². The van der Waals surface area contributed by atoms with Crippen LogP contribution < -0.4 is 5.32 Å². The van der Waals surface area contributed by atoms with Crippen molar-refractivity contribution in [2.45, 2.75) is 6.54 Å². The van der Waals surface area contributed by atoms with Crippen LogP contribution in [0.4, 0.5) is 0 Å². The van der Waals surface area contributed by atoms with Crippen LogP contribution in [-0.2, 0) is 6.54 Å². The third-order valence-corrected chi connectivity index (χ3v) is 2.76. The van der Waals surface area contributed by atoms with Gasteiger partial charge in [-0.05, 0) is 34.1 Å². The first-order valence-corrected chi connectivity index (χ1v) is 5.57. The molecule has 0 saturated heterocycles. The predicted octanol–water partition coefficient (Wildman–Crippen LogP) is 1.20. The summed E-state index contributed by atoms with van der Waals surface area (Å²) in [4.78, 5) is 15.6. The number of nitrogens with zero attached hydrogens (tertiary/aromatic N) is 2. The number of H-pyrrole nitrogens is 1. The molecule has 2 rings (SSSR count). The van der Waals surface area contributed by atoms with Crippen molar-refractivity contribution in [3.63, 3.8) is 0 Å². The number of hydrogen-bond acceptors (Lipinski definition) is 4. The van der Waals surface area contributed by atoms with Crippen molar-refractivity contribution in [1.82, 2.24) is 20.5 Å². The zero-order chi connectivity index (χ0) is 12.3. The van der Waals surface area contributed by atoms with Gasteiger partial charge >= 0.3 is 0 Å². The van der Waals surface area contributed by atoms with Crippen LogP contribution in [0.2, 0.25) is 0 Å². The van der Waals surface area contributed by atoms with E-state index in [9.17, 15) is 9.90 Å². The molecule has 0 fully saturated rings. The topological polar surface area (TPSA) is 90.9 Å². The van der Waals surface area contributed by atoms with Crippen LogP contribution in [-0.4, -0.2) is 26.2 Å². The quantitative estimate of drug-likeness (QED) is 0.794. The van der Waals surface area contributed by atoms with Gasteiger partial charge in [0.15, 0.2) is 0 Å². The summed E-state index contributed by atoms with van der Waals surface area (Å²) in [5, 5.41) is 18.4. The summed E-state index contributed by atoms with van der Waals surface area (Å²) in [7, 11) is 0. The van der Waals surface area contributed by atoms with Gasteiger partial charge in [-0.3, -0.25) is 9.89 Å². The number of amides is 1. The predicted molar refractivity (Wildman–Crippen MR) is 63.4 cm³/mol. The fourth-order valence-electron chi connectivity index (χ4n) is 1.24. The summed E-state index contributed by atoms with van der Waals surface area (Å²) in [6.07, 6.45) is 1.37. The number of benzene rings is 1. The van der Waals surface area contributed by atoms with Crippen LogP contribution in [0.3, 0.4) is 0 Å². The van der Waals surface area contributed by atoms with Crippen LogP contribution in [0.1, 0.15) is 16.2 Å². The maximum Gasteiger partial charge on any atom is 0.251 e. The van der Waals surface area contributed by atoms with Gasteiger partial charge in [-0.15, -0.1) is 0 Å². The first-order chi connectivity index (χ1) is 8.16. The maximum atomic E-state index is 11.7. The first-order valence-electron chi connectivity index (χ1n) is 4.78. The molecule has 0 unspecified atom stereocenters. The van der Waals surface area contributed by atoms with Crippen molar-refractivity contribution >= 4 is 21.8 Å². The van der Waals surface area contributed by atoms with Crippen LogP contribution in [0.25, 0.3) is 0 Å². The highest BCUT2D eigenvalue weighted by Gasteiger charge is 2.08. The van der Waals surface area contributed by atoms with Gasteiger partial charge in [-0.25, -0.2) is 4.98 Å². The van der Waals surface area contributed by atoms with E-state index in [0.717, 1.165) is 0 Å².